The van der Waals surface area contributed by atoms with Gasteiger partial charge in [-0.3, -0.25) is 14.5 Å². The fourth-order valence-electron chi connectivity index (χ4n) is 3.80. The van der Waals surface area contributed by atoms with E-state index in [0.29, 0.717) is 18.9 Å². The third-order valence-corrected chi connectivity index (χ3v) is 5.55. The van der Waals surface area contributed by atoms with E-state index in [0.717, 1.165) is 26.1 Å². The molecule has 5 nitrogen and oxygen atoms in total. The van der Waals surface area contributed by atoms with Crippen LogP contribution in [0.2, 0.25) is 0 Å². The number of piperazine rings is 1. The highest BCUT2D eigenvalue weighted by molar-refractivity contribution is 5.85. The first-order valence-corrected chi connectivity index (χ1v) is 8.20. The molecule has 2 fully saturated rings. The fraction of sp³-hybridized carbons (Fsp3) is 0.875. The van der Waals surface area contributed by atoms with Crippen LogP contribution in [0.15, 0.2) is 0 Å². The molecule has 2 aliphatic rings. The fourth-order valence-corrected chi connectivity index (χ4v) is 3.80. The van der Waals surface area contributed by atoms with Crippen LogP contribution in [-0.2, 0) is 9.59 Å². The molecule has 0 aromatic heterocycles. The van der Waals surface area contributed by atoms with Crippen LogP contribution in [0.5, 0.6) is 0 Å². The van der Waals surface area contributed by atoms with Crippen LogP contribution >= 0.6 is 0 Å². The molecule has 0 aromatic rings. The van der Waals surface area contributed by atoms with Gasteiger partial charge in [0.25, 0.3) is 0 Å². The predicted octanol–water partition coefficient (Wildman–Crippen LogP) is 1.96. The summed E-state index contributed by atoms with van der Waals surface area (Å²) in [5.74, 6) is -0.826. The number of carboxylic acid groups (broad SMARTS) is 1. The van der Waals surface area contributed by atoms with E-state index in [1.54, 1.807) is 0 Å². The number of amides is 1. The summed E-state index contributed by atoms with van der Waals surface area (Å²) < 4.78 is 0. The Kier molecular flexibility index (Phi) is 4.91. The number of fused-ring (bicyclic) bond motifs is 1. The van der Waals surface area contributed by atoms with Gasteiger partial charge >= 0.3 is 5.97 Å². The molecule has 0 bridgehead atoms. The second-order valence-electron chi connectivity index (χ2n) is 6.66. The number of rotatable bonds is 5. The minimum absolute atomic E-state index is 0.0140. The van der Waals surface area contributed by atoms with Crippen molar-refractivity contribution >= 4 is 11.9 Å². The van der Waals surface area contributed by atoms with Crippen molar-refractivity contribution in [1.82, 2.24) is 9.80 Å². The molecular formula is C16H28N2O3. The topological polar surface area (TPSA) is 60.9 Å². The molecule has 120 valence electrons. The van der Waals surface area contributed by atoms with E-state index >= 15 is 0 Å². The molecule has 2 saturated heterocycles. The average Bonchev–Trinajstić information content (AvgIpc) is 2.90. The molecule has 2 unspecified atom stereocenters. The highest BCUT2D eigenvalue weighted by Gasteiger charge is 2.42. The quantitative estimate of drug-likeness (QED) is 0.842. The van der Waals surface area contributed by atoms with Crippen LogP contribution in [0, 0.1) is 5.41 Å². The van der Waals surface area contributed by atoms with Crippen molar-refractivity contribution in [3.05, 3.63) is 0 Å². The van der Waals surface area contributed by atoms with Gasteiger partial charge in [0.15, 0.2) is 0 Å². The molecule has 0 radical (unpaired) electrons. The Morgan fingerprint density at radius 3 is 2.48 bits per heavy atom. The molecule has 2 aliphatic heterocycles. The van der Waals surface area contributed by atoms with Gasteiger partial charge in [-0.25, -0.2) is 0 Å². The van der Waals surface area contributed by atoms with Gasteiger partial charge in [-0.1, -0.05) is 13.8 Å². The molecular weight excluding hydrogens is 268 g/mol. The van der Waals surface area contributed by atoms with Gasteiger partial charge in [0.2, 0.25) is 5.91 Å². The summed E-state index contributed by atoms with van der Waals surface area (Å²) in [6.07, 6.45) is 3.50. The Hall–Kier alpha value is -1.10. The molecule has 0 spiro atoms. The molecule has 2 heterocycles. The summed E-state index contributed by atoms with van der Waals surface area (Å²) in [4.78, 5) is 28.7. The zero-order valence-corrected chi connectivity index (χ0v) is 13.5. The van der Waals surface area contributed by atoms with Crippen LogP contribution in [0.3, 0.4) is 0 Å². The predicted molar refractivity (Wildman–Crippen MR) is 81.0 cm³/mol. The number of nitrogens with zero attached hydrogens (tertiary/aromatic N) is 2. The van der Waals surface area contributed by atoms with Gasteiger partial charge in [0.1, 0.15) is 0 Å². The van der Waals surface area contributed by atoms with Crippen LogP contribution < -0.4 is 0 Å². The summed E-state index contributed by atoms with van der Waals surface area (Å²) in [5.41, 5.74) is -0.899. The van der Waals surface area contributed by atoms with Crippen molar-refractivity contribution in [2.75, 3.05) is 19.6 Å². The van der Waals surface area contributed by atoms with E-state index in [1.165, 1.54) is 6.42 Å². The molecule has 5 heteroatoms. The van der Waals surface area contributed by atoms with E-state index in [9.17, 15) is 14.7 Å². The maximum Gasteiger partial charge on any atom is 0.310 e. The van der Waals surface area contributed by atoms with Gasteiger partial charge in [-0.2, -0.15) is 0 Å². The monoisotopic (exact) mass is 296 g/mol. The zero-order chi connectivity index (χ0) is 15.6. The van der Waals surface area contributed by atoms with Gasteiger partial charge in [0, 0.05) is 31.6 Å². The molecule has 0 aromatic carbocycles. The average molecular weight is 296 g/mol. The minimum atomic E-state index is -0.899. The van der Waals surface area contributed by atoms with Gasteiger partial charge in [-0.15, -0.1) is 0 Å². The maximum atomic E-state index is 12.7. The molecule has 0 saturated carbocycles. The van der Waals surface area contributed by atoms with Crippen LogP contribution in [0.1, 0.15) is 52.9 Å². The SMILES string of the molecule is CCC(CC)(CC(=O)N1CC2CCCN2CC1C)C(=O)O. The summed E-state index contributed by atoms with van der Waals surface area (Å²) in [6.45, 7) is 8.64. The van der Waals surface area contributed by atoms with Crippen LogP contribution in [0.25, 0.3) is 0 Å². The van der Waals surface area contributed by atoms with Crippen molar-refractivity contribution in [3.8, 4) is 0 Å². The second kappa shape index (κ2) is 6.34. The number of hydrogen-bond acceptors (Lipinski definition) is 3. The van der Waals surface area contributed by atoms with E-state index in [-0.39, 0.29) is 18.4 Å². The standard InChI is InChI=1S/C16H28N2O3/c1-4-16(5-2,15(20)21)9-14(19)18-11-13-7-6-8-17(13)10-12(18)3/h12-13H,4-11H2,1-3H3,(H,20,21). The van der Waals surface area contributed by atoms with Gasteiger partial charge in [-0.05, 0) is 39.2 Å². The summed E-state index contributed by atoms with van der Waals surface area (Å²) >= 11 is 0. The minimum Gasteiger partial charge on any atom is -0.481 e. The van der Waals surface area contributed by atoms with E-state index in [2.05, 4.69) is 11.8 Å². The lowest BCUT2D eigenvalue weighted by Crippen LogP contribution is -2.57. The van der Waals surface area contributed by atoms with E-state index in [1.807, 2.05) is 18.7 Å². The largest absolute Gasteiger partial charge is 0.481 e. The number of hydrogen-bond donors (Lipinski definition) is 1. The summed E-state index contributed by atoms with van der Waals surface area (Å²) in [5, 5.41) is 9.51. The molecule has 0 aliphatic carbocycles. The molecule has 2 atom stereocenters. The lowest BCUT2D eigenvalue weighted by Gasteiger charge is -2.43. The van der Waals surface area contributed by atoms with Crippen molar-refractivity contribution in [2.24, 2.45) is 5.41 Å². The third kappa shape index (κ3) is 3.07. The van der Waals surface area contributed by atoms with Crippen LogP contribution in [0.4, 0.5) is 0 Å². The normalized spacial score (nSPS) is 26.7. The Labute approximate surface area is 127 Å². The first-order chi connectivity index (χ1) is 9.93. The Balaban J connectivity index is 2.06. The number of carbonyl (C=O) groups excluding carboxylic acids is 1. The van der Waals surface area contributed by atoms with E-state index in [4.69, 9.17) is 0 Å². The van der Waals surface area contributed by atoms with Gasteiger partial charge in [0.05, 0.1) is 5.41 Å². The lowest BCUT2D eigenvalue weighted by molar-refractivity contribution is -0.155. The second-order valence-corrected chi connectivity index (χ2v) is 6.66. The lowest BCUT2D eigenvalue weighted by atomic mass is 9.78. The maximum absolute atomic E-state index is 12.7. The zero-order valence-electron chi connectivity index (χ0n) is 13.5. The summed E-state index contributed by atoms with van der Waals surface area (Å²) in [6, 6.07) is 0.666. The van der Waals surface area contributed by atoms with Gasteiger partial charge < -0.3 is 10.0 Å². The molecule has 21 heavy (non-hydrogen) atoms. The Morgan fingerprint density at radius 2 is 1.90 bits per heavy atom. The number of carbonyl (C=O) groups is 2. The first kappa shape index (κ1) is 16.3. The molecule has 1 amide bonds. The highest BCUT2D eigenvalue weighted by atomic mass is 16.4. The summed E-state index contributed by atoms with van der Waals surface area (Å²) in [7, 11) is 0. The third-order valence-electron chi connectivity index (χ3n) is 5.55. The number of carboxylic acids is 1. The van der Waals surface area contributed by atoms with Crippen molar-refractivity contribution in [2.45, 2.75) is 65.0 Å². The Morgan fingerprint density at radius 1 is 1.24 bits per heavy atom. The molecule has 2 rings (SSSR count). The highest BCUT2D eigenvalue weighted by Crippen LogP contribution is 2.33. The molecule has 1 N–H and O–H groups in total. The van der Waals surface area contributed by atoms with Crippen molar-refractivity contribution < 1.29 is 14.7 Å². The van der Waals surface area contributed by atoms with Crippen LogP contribution in [-0.4, -0.2) is 58.5 Å². The van der Waals surface area contributed by atoms with Crippen molar-refractivity contribution in [3.63, 3.8) is 0 Å². The number of aliphatic carboxylic acids is 1. The first-order valence-electron chi connectivity index (χ1n) is 8.20. The smallest absolute Gasteiger partial charge is 0.310 e. The van der Waals surface area contributed by atoms with Crippen molar-refractivity contribution in [1.29, 1.82) is 0 Å². The Bertz CT molecular complexity index is 406. The van der Waals surface area contributed by atoms with E-state index < -0.39 is 11.4 Å².